The molecule has 1 N–H and O–H groups in total. The van der Waals surface area contributed by atoms with Crippen molar-refractivity contribution >= 4 is 11.4 Å². The molecule has 0 aliphatic rings. The van der Waals surface area contributed by atoms with Crippen LogP contribution in [0.4, 0.5) is 0 Å². The molecule has 0 aliphatic carbocycles. The Balaban J connectivity index is 3.07. The molecule has 0 unspecified atom stereocenters. The summed E-state index contributed by atoms with van der Waals surface area (Å²) in [5.74, 6) is 0.749. The van der Waals surface area contributed by atoms with Gasteiger partial charge in [-0.2, -0.15) is 0 Å². The quantitative estimate of drug-likeness (QED) is 0.480. The molecule has 0 bridgehead atoms. The number of rotatable bonds is 4. The summed E-state index contributed by atoms with van der Waals surface area (Å²) in [5.41, 5.74) is 1.65. The van der Waals surface area contributed by atoms with Crippen LogP contribution in [0.2, 0.25) is 0 Å². The molecular formula is C11H14N2O3. The summed E-state index contributed by atoms with van der Waals surface area (Å²) in [6.07, 6.45) is 0. The first kappa shape index (κ1) is 12.0. The van der Waals surface area contributed by atoms with Crippen molar-refractivity contribution in [2.45, 2.75) is 6.92 Å². The van der Waals surface area contributed by atoms with E-state index in [0.717, 1.165) is 11.3 Å². The molecule has 1 aromatic carbocycles. The predicted molar refractivity (Wildman–Crippen MR) is 61.4 cm³/mol. The first-order chi connectivity index (χ1) is 7.72. The molecule has 5 heteroatoms. The number of ether oxygens (including phenoxy) is 1. The van der Waals surface area contributed by atoms with Crippen LogP contribution >= 0.6 is 0 Å². The van der Waals surface area contributed by atoms with E-state index in [9.17, 15) is 0 Å². The van der Waals surface area contributed by atoms with E-state index in [-0.39, 0.29) is 0 Å². The SMILES string of the molecule is CO/N=C(\C(C)=N\O)c1ccc(OC)cc1. The van der Waals surface area contributed by atoms with Gasteiger partial charge >= 0.3 is 0 Å². The lowest BCUT2D eigenvalue weighted by Crippen LogP contribution is -2.12. The summed E-state index contributed by atoms with van der Waals surface area (Å²) < 4.78 is 5.04. The zero-order valence-electron chi connectivity index (χ0n) is 9.47. The van der Waals surface area contributed by atoms with Crippen LogP contribution in [0.1, 0.15) is 12.5 Å². The van der Waals surface area contributed by atoms with Gasteiger partial charge < -0.3 is 14.8 Å². The standard InChI is InChI=1S/C11H14N2O3/c1-8(12-14)11(13-16-3)9-4-6-10(15-2)7-5-9/h4-7,14H,1-3H3/b12-8+,13-11+. The Kier molecular flexibility index (Phi) is 4.32. The number of nitrogens with zero attached hydrogens (tertiary/aromatic N) is 2. The van der Waals surface area contributed by atoms with Crippen molar-refractivity contribution in [1.29, 1.82) is 0 Å². The maximum absolute atomic E-state index is 8.72. The lowest BCUT2D eigenvalue weighted by molar-refractivity contribution is 0.214. The van der Waals surface area contributed by atoms with Crippen LogP contribution in [0.5, 0.6) is 5.75 Å². The molecule has 0 amide bonds. The number of hydrogen-bond acceptors (Lipinski definition) is 5. The van der Waals surface area contributed by atoms with E-state index in [4.69, 9.17) is 14.8 Å². The molecule has 1 aromatic rings. The second-order valence-electron chi connectivity index (χ2n) is 3.04. The average molecular weight is 222 g/mol. The highest BCUT2D eigenvalue weighted by Gasteiger charge is 2.09. The van der Waals surface area contributed by atoms with Gasteiger partial charge in [0.05, 0.1) is 7.11 Å². The van der Waals surface area contributed by atoms with Gasteiger partial charge in [-0.05, 0) is 31.2 Å². The summed E-state index contributed by atoms with van der Waals surface area (Å²) >= 11 is 0. The number of oxime groups is 2. The monoisotopic (exact) mass is 222 g/mol. The predicted octanol–water partition coefficient (Wildman–Crippen LogP) is 1.90. The van der Waals surface area contributed by atoms with E-state index in [2.05, 4.69) is 10.3 Å². The number of benzene rings is 1. The Morgan fingerprint density at radius 2 is 1.81 bits per heavy atom. The summed E-state index contributed by atoms with van der Waals surface area (Å²) in [7, 11) is 3.04. The van der Waals surface area contributed by atoms with Crippen LogP contribution in [-0.2, 0) is 4.84 Å². The van der Waals surface area contributed by atoms with Crippen molar-refractivity contribution < 1.29 is 14.8 Å². The van der Waals surface area contributed by atoms with Gasteiger partial charge in [-0.15, -0.1) is 0 Å². The Morgan fingerprint density at radius 3 is 2.25 bits per heavy atom. The van der Waals surface area contributed by atoms with E-state index in [0.29, 0.717) is 11.4 Å². The van der Waals surface area contributed by atoms with E-state index in [1.54, 1.807) is 26.2 Å². The van der Waals surface area contributed by atoms with Crippen LogP contribution in [0, 0.1) is 0 Å². The highest BCUT2D eigenvalue weighted by atomic mass is 16.6. The van der Waals surface area contributed by atoms with Gasteiger partial charge in [0.25, 0.3) is 0 Å². The summed E-state index contributed by atoms with van der Waals surface area (Å²) in [5, 5.41) is 15.6. The summed E-state index contributed by atoms with van der Waals surface area (Å²) in [6.45, 7) is 1.64. The Hall–Kier alpha value is -2.04. The smallest absolute Gasteiger partial charge is 0.134 e. The summed E-state index contributed by atoms with van der Waals surface area (Å²) in [4.78, 5) is 4.70. The third-order valence-corrected chi connectivity index (χ3v) is 2.04. The van der Waals surface area contributed by atoms with Gasteiger partial charge in [-0.25, -0.2) is 0 Å². The van der Waals surface area contributed by atoms with Crippen LogP contribution in [0.3, 0.4) is 0 Å². The van der Waals surface area contributed by atoms with Crippen LogP contribution in [-0.4, -0.2) is 30.9 Å². The Labute approximate surface area is 94.0 Å². The molecule has 16 heavy (non-hydrogen) atoms. The average Bonchev–Trinajstić information content (AvgIpc) is 2.35. The molecule has 86 valence electrons. The molecule has 0 fully saturated rings. The van der Waals surface area contributed by atoms with Crippen molar-refractivity contribution in [1.82, 2.24) is 0 Å². The normalized spacial score (nSPS) is 12.4. The fourth-order valence-electron chi connectivity index (χ4n) is 1.22. The van der Waals surface area contributed by atoms with E-state index < -0.39 is 0 Å². The Morgan fingerprint density at radius 1 is 1.19 bits per heavy atom. The van der Waals surface area contributed by atoms with Gasteiger partial charge in [-0.1, -0.05) is 10.3 Å². The highest BCUT2D eigenvalue weighted by molar-refractivity contribution is 6.47. The third-order valence-electron chi connectivity index (χ3n) is 2.04. The summed E-state index contributed by atoms with van der Waals surface area (Å²) in [6, 6.07) is 7.22. The molecule has 0 heterocycles. The van der Waals surface area contributed by atoms with Crippen molar-refractivity contribution in [3.63, 3.8) is 0 Å². The van der Waals surface area contributed by atoms with Crippen molar-refractivity contribution in [3.05, 3.63) is 29.8 Å². The van der Waals surface area contributed by atoms with Crippen LogP contribution in [0.25, 0.3) is 0 Å². The zero-order valence-corrected chi connectivity index (χ0v) is 9.47. The maximum atomic E-state index is 8.72. The topological polar surface area (TPSA) is 63.4 Å². The Bertz CT molecular complexity index is 396. The molecule has 5 nitrogen and oxygen atoms in total. The lowest BCUT2D eigenvalue weighted by Gasteiger charge is -2.05. The van der Waals surface area contributed by atoms with Gasteiger partial charge in [-0.3, -0.25) is 0 Å². The van der Waals surface area contributed by atoms with E-state index in [1.807, 2.05) is 12.1 Å². The molecule has 0 saturated carbocycles. The minimum absolute atomic E-state index is 0.381. The second kappa shape index (κ2) is 5.75. The third kappa shape index (κ3) is 2.73. The fraction of sp³-hybridized carbons (Fsp3) is 0.273. The molecular weight excluding hydrogens is 208 g/mol. The number of methoxy groups -OCH3 is 1. The minimum atomic E-state index is 0.381. The molecule has 1 rings (SSSR count). The highest BCUT2D eigenvalue weighted by Crippen LogP contribution is 2.12. The van der Waals surface area contributed by atoms with Gasteiger partial charge in [0, 0.05) is 5.56 Å². The molecule has 0 aromatic heterocycles. The van der Waals surface area contributed by atoms with E-state index in [1.165, 1.54) is 7.11 Å². The van der Waals surface area contributed by atoms with Crippen molar-refractivity contribution in [2.75, 3.05) is 14.2 Å². The first-order valence-electron chi connectivity index (χ1n) is 4.67. The van der Waals surface area contributed by atoms with Crippen LogP contribution in [0.15, 0.2) is 34.6 Å². The fourth-order valence-corrected chi connectivity index (χ4v) is 1.22. The van der Waals surface area contributed by atoms with Crippen molar-refractivity contribution in [2.24, 2.45) is 10.3 Å². The molecule has 0 spiro atoms. The molecule has 0 aliphatic heterocycles. The van der Waals surface area contributed by atoms with Crippen LogP contribution < -0.4 is 4.74 Å². The van der Waals surface area contributed by atoms with Gasteiger partial charge in [0.2, 0.25) is 0 Å². The minimum Gasteiger partial charge on any atom is -0.497 e. The molecule has 0 saturated heterocycles. The zero-order chi connectivity index (χ0) is 12.0. The largest absolute Gasteiger partial charge is 0.497 e. The molecule has 0 radical (unpaired) electrons. The number of hydrogen-bond donors (Lipinski definition) is 1. The van der Waals surface area contributed by atoms with E-state index >= 15 is 0 Å². The maximum Gasteiger partial charge on any atom is 0.134 e. The first-order valence-corrected chi connectivity index (χ1v) is 4.67. The lowest BCUT2D eigenvalue weighted by atomic mass is 10.1. The van der Waals surface area contributed by atoms with Gasteiger partial charge in [0.15, 0.2) is 0 Å². The van der Waals surface area contributed by atoms with Crippen molar-refractivity contribution in [3.8, 4) is 5.75 Å². The molecule has 0 atom stereocenters. The second-order valence-corrected chi connectivity index (χ2v) is 3.04. The van der Waals surface area contributed by atoms with Gasteiger partial charge in [0.1, 0.15) is 24.3 Å².